The molecule has 4 heteroatoms. The monoisotopic (exact) mass is 320 g/mol. The fourth-order valence-electron chi connectivity index (χ4n) is 2.86. The minimum Gasteiger partial charge on any atom is -0.322 e. The Morgan fingerprint density at radius 2 is 1.00 bits per heavy atom. The number of hydrogen-bond donors (Lipinski definition) is 2. The molecule has 0 spiro atoms. The normalized spacial score (nSPS) is 14.2. The molecule has 24 heavy (non-hydrogen) atoms. The van der Waals surface area contributed by atoms with Crippen molar-refractivity contribution in [1.29, 1.82) is 0 Å². The van der Waals surface area contributed by atoms with Gasteiger partial charge in [-0.2, -0.15) is 0 Å². The molecule has 0 aromatic heterocycles. The van der Waals surface area contributed by atoms with Gasteiger partial charge < -0.3 is 10.6 Å². The van der Waals surface area contributed by atoms with E-state index in [2.05, 4.69) is 10.6 Å². The van der Waals surface area contributed by atoms with E-state index in [1.54, 1.807) is 0 Å². The Labute approximate surface area is 141 Å². The molecule has 0 heterocycles. The van der Waals surface area contributed by atoms with Crippen molar-refractivity contribution in [3.8, 4) is 0 Å². The van der Waals surface area contributed by atoms with Gasteiger partial charge >= 0.3 is 0 Å². The van der Waals surface area contributed by atoms with Crippen LogP contribution in [0.2, 0.25) is 0 Å². The Bertz CT molecular complexity index is 686. The predicted molar refractivity (Wildman–Crippen MR) is 95.6 cm³/mol. The summed E-state index contributed by atoms with van der Waals surface area (Å²) in [4.78, 5) is 25.2. The lowest BCUT2D eigenvalue weighted by Crippen LogP contribution is -2.24. The van der Waals surface area contributed by atoms with E-state index in [-0.39, 0.29) is 11.8 Å². The molecule has 0 aliphatic heterocycles. The van der Waals surface area contributed by atoms with Crippen LogP contribution in [-0.4, -0.2) is 11.8 Å². The Morgan fingerprint density at radius 3 is 1.38 bits per heavy atom. The second kappa shape index (κ2) is 7.59. The predicted octanol–water partition coefficient (Wildman–Crippen LogP) is 4.13. The molecule has 122 valence electrons. The Kier molecular flexibility index (Phi) is 5.06. The maximum atomic E-state index is 12.6. The average Bonchev–Trinajstić information content (AvgIpc) is 2.63. The molecule has 2 aromatic rings. The van der Waals surface area contributed by atoms with E-state index >= 15 is 0 Å². The zero-order chi connectivity index (χ0) is 16.8. The number of anilines is 2. The number of para-hydroxylation sites is 2. The maximum absolute atomic E-state index is 12.6. The number of rotatable bonds is 4. The van der Waals surface area contributed by atoms with E-state index in [1.807, 2.05) is 60.7 Å². The van der Waals surface area contributed by atoms with Crippen molar-refractivity contribution >= 4 is 23.2 Å². The van der Waals surface area contributed by atoms with E-state index in [4.69, 9.17) is 0 Å². The van der Waals surface area contributed by atoms with Gasteiger partial charge in [-0.05, 0) is 49.9 Å². The lowest BCUT2D eigenvalue weighted by molar-refractivity contribution is -0.115. The summed E-state index contributed by atoms with van der Waals surface area (Å²) >= 11 is 0. The fraction of sp³-hybridized carbons (Fsp3) is 0.200. The van der Waals surface area contributed by atoms with Crippen molar-refractivity contribution in [3.63, 3.8) is 0 Å². The van der Waals surface area contributed by atoms with Crippen molar-refractivity contribution < 1.29 is 9.59 Å². The molecule has 0 saturated carbocycles. The molecule has 3 rings (SSSR count). The second-order valence-corrected chi connectivity index (χ2v) is 5.80. The molecule has 2 amide bonds. The first-order valence-corrected chi connectivity index (χ1v) is 8.19. The number of hydrogen-bond acceptors (Lipinski definition) is 2. The summed E-state index contributed by atoms with van der Waals surface area (Å²) in [5.41, 5.74) is 2.67. The van der Waals surface area contributed by atoms with Crippen LogP contribution in [-0.2, 0) is 9.59 Å². The molecule has 2 aromatic carbocycles. The minimum atomic E-state index is -0.181. The summed E-state index contributed by atoms with van der Waals surface area (Å²) < 4.78 is 0. The van der Waals surface area contributed by atoms with E-state index in [0.29, 0.717) is 24.0 Å². The standard InChI is InChI=1S/C20H20N2O2/c23-19(21-15-9-3-1-4-10-15)17-13-7-8-14-18(17)20(24)22-16-11-5-2-6-12-16/h1-6,9-12H,7-8,13-14H2,(H,21,23)(H,22,24). The second-order valence-electron chi connectivity index (χ2n) is 5.80. The molecule has 0 atom stereocenters. The quantitative estimate of drug-likeness (QED) is 0.889. The molecule has 2 N–H and O–H groups in total. The Morgan fingerprint density at radius 1 is 0.625 bits per heavy atom. The number of nitrogens with one attached hydrogen (secondary N) is 2. The van der Waals surface area contributed by atoms with Gasteiger partial charge in [0, 0.05) is 22.5 Å². The van der Waals surface area contributed by atoms with Gasteiger partial charge in [0.2, 0.25) is 0 Å². The number of carbonyl (C=O) groups excluding carboxylic acids is 2. The smallest absolute Gasteiger partial charge is 0.252 e. The van der Waals surface area contributed by atoms with Crippen molar-refractivity contribution in [2.45, 2.75) is 25.7 Å². The van der Waals surface area contributed by atoms with Crippen LogP contribution in [0.5, 0.6) is 0 Å². The van der Waals surface area contributed by atoms with Crippen LogP contribution >= 0.6 is 0 Å². The van der Waals surface area contributed by atoms with E-state index < -0.39 is 0 Å². The topological polar surface area (TPSA) is 58.2 Å². The molecule has 0 unspecified atom stereocenters. The van der Waals surface area contributed by atoms with E-state index in [1.165, 1.54) is 0 Å². The first kappa shape index (κ1) is 16.0. The average molecular weight is 320 g/mol. The van der Waals surface area contributed by atoms with Gasteiger partial charge in [0.1, 0.15) is 0 Å². The molecular formula is C20H20N2O2. The van der Waals surface area contributed by atoms with Crippen molar-refractivity contribution in [1.82, 2.24) is 0 Å². The van der Waals surface area contributed by atoms with Crippen molar-refractivity contribution in [2.75, 3.05) is 10.6 Å². The molecule has 0 bridgehead atoms. The van der Waals surface area contributed by atoms with Crippen molar-refractivity contribution in [2.24, 2.45) is 0 Å². The van der Waals surface area contributed by atoms with Gasteiger partial charge in [-0.3, -0.25) is 9.59 Å². The number of benzene rings is 2. The van der Waals surface area contributed by atoms with Gasteiger partial charge in [-0.15, -0.1) is 0 Å². The first-order valence-electron chi connectivity index (χ1n) is 8.19. The Hall–Kier alpha value is -2.88. The summed E-state index contributed by atoms with van der Waals surface area (Å²) in [6, 6.07) is 18.6. The number of amides is 2. The highest BCUT2D eigenvalue weighted by molar-refractivity contribution is 6.13. The van der Waals surface area contributed by atoms with Crippen molar-refractivity contribution in [3.05, 3.63) is 71.8 Å². The summed E-state index contributed by atoms with van der Waals surface area (Å²) in [7, 11) is 0. The van der Waals surface area contributed by atoms with Crippen LogP contribution in [0.3, 0.4) is 0 Å². The summed E-state index contributed by atoms with van der Waals surface area (Å²) in [5.74, 6) is -0.363. The molecule has 4 nitrogen and oxygen atoms in total. The highest BCUT2D eigenvalue weighted by Gasteiger charge is 2.24. The fourth-order valence-corrected chi connectivity index (χ4v) is 2.86. The summed E-state index contributed by atoms with van der Waals surface area (Å²) in [6.45, 7) is 0. The third-order valence-corrected chi connectivity index (χ3v) is 4.08. The molecule has 0 radical (unpaired) electrons. The maximum Gasteiger partial charge on any atom is 0.252 e. The summed E-state index contributed by atoms with van der Waals surface area (Å²) in [6.07, 6.45) is 3.13. The highest BCUT2D eigenvalue weighted by Crippen LogP contribution is 2.27. The van der Waals surface area contributed by atoms with Gasteiger partial charge in [0.25, 0.3) is 11.8 Å². The van der Waals surface area contributed by atoms with Gasteiger partial charge in [-0.25, -0.2) is 0 Å². The molecular weight excluding hydrogens is 300 g/mol. The molecule has 0 fully saturated rings. The van der Waals surface area contributed by atoms with Crippen LogP contribution in [0.1, 0.15) is 25.7 Å². The SMILES string of the molecule is O=C(Nc1ccccc1)C1=C(C(=O)Nc2ccccc2)CCCC1. The molecule has 1 aliphatic rings. The van der Waals surface area contributed by atoms with Crippen LogP contribution in [0.4, 0.5) is 11.4 Å². The van der Waals surface area contributed by atoms with Gasteiger partial charge in [0.05, 0.1) is 0 Å². The number of carbonyl (C=O) groups is 2. The van der Waals surface area contributed by atoms with Gasteiger partial charge in [0.15, 0.2) is 0 Å². The van der Waals surface area contributed by atoms with Crippen LogP contribution in [0.15, 0.2) is 71.8 Å². The third-order valence-electron chi connectivity index (χ3n) is 4.08. The van der Waals surface area contributed by atoms with E-state index in [0.717, 1.165) is 24.2 Å². The third kappa shape index (κ3) is 3.90. The summed E-state index contributed by atoms with van der Waals surface area (Å²) in [5, 5.41) is 5.77. The highest BCUT2D eigenvalue weighted by atomic mass is 16.2. The zero-order valence-corrected chi connectivity index (χ0v) is 13.4. The van der Waals surface area contributed by atoms with Crippen LogP contribution in [0, 0.1) is 0 Å². The Balaban J connectivity index is 1.79. The lowest BCUT2D eigenvalue weighted by Gasteiger charge is -2.19. The van der Waals surface area contributed by atoms with Crippen LogP contribution in [0.25, 0.3) is 0 Å². The van der Waals surface area contributed by atoms with Crippen LogP contribution < -0.4 is 10.6 Å². The van der Waals surface area contributed by atoms with E-state index in [9.17, 15) is 9.59 Å². The molecule has 0 saturated heterocycles. The largest absolute Gasteiger partial charge is 0.322 e. The zero-order valence-electron chi connectivity index (χ0n) is 13.4. The minimum absolute atomic E-state index is 0.181. The van der Waals surface area contributed by atoms with Gasteiger partial charge in [-0.1, -0.05) is 36.4 Å². The lowest BCUT2D eigenvalue weighted by atomic mass is 9.90. The molecule has 1 aliphatic carbocycles. The first-order chi connectivity index (χ1) is 11.7.